The Kier molecular flexibility index (Phi) is 4.90. The van der Waals surface area contributed by atoms with E-state index in [1.807, 2.05) is 18.6 Å². The lowest BCUT2D eigenvalue weighted by Crippen LogP contribution is -2.43. The van der Waals surface area contributed by atoms with E-state index in [9.17, 15) is 0 Å². The molecule has 2 fully saturated rings. The fourth-order valence-corrected chi connectivity index (χ4v) is 3.48. The van der Waals surface area contributed by atoms with E-state index in [1.165, 1.54) is 12.8 Å². The van der Waals surface area contributed by atoms with E-state index < -0.39 is 0 Å². The van der Waals surface area contributed by atoms with Crippen LogP contribution in [0.25, 0.3) is 11.3 Å². The van der Waals surface area contributed by atoms with Crippen LogP contribution in [0.15, 0.2) is 30.7 Å². The molecule has 0 unspecified atom stereocenters. The number of aromatic nitrogens is 3. The summed E-state index contributed by atoms with van der Waals surface area (Å²) in [6.45, 7) is 7.61. The SMILES string of the molecule is CN1CCN(Cc2ccc(-c3cnc(N4CCCC4)cn3)cn2)CC1. The second-order valence-corrected chi connectivity index (χ2v) is 7.07. The van der Waals surface area contributed by atoms with Gasteiger partial charge < -0.3 is 9.80 Å². The molecular weight excluding hydrogens is 312 g/mol. The van der Waals surface area contributed by atoms with Gasteiger partial charge in [0.1, 0.15) is 5.82 Å². The summed E-state index contributed by atoms with van der Waals surface area (Å²) in [6, 6.07) is 4.22. The van der Waals surface area contributed by atoms with Crippen molar-refractivity contribution in [3.05, 3.63) is 36.4 Å². The van der Waals surface area contributed by atoms with Gasteiger partial charge in [0.25, 0.3) is 0 Å². The minimum Gasteiger partial charge on any atom is -0.355 e. The van der Waals surface area contributed by atoms with Gasteiger partial charge in [-0.15, -0.1) is 0 Å². The largest absolute Gasteiger partial charge is 0.355 e. The summed E-state index contributed by atoms with van der Waals surface area (Å²) in [6.07, 6.45) is 8.18. The molecule has 4 heterocycles. The molecule has 2 aliphatic heterocycles. The van der Waals surface area contributed by atoms with Crippen molar-refractivity contribution in [1.82, 2.24) is 24.8 Å². The molecule has 0 N–H and O–H groups in total. The number of rotatable bonds is 4. The molecule has 0 aliphatic carbocycles. The second-order valence-electron chi connectivity index (χ2n) is 7.07. The predicted molar refractivity (Wildman–Crippen MR) is 99.5 cm³/mol. The molecule has 0 bridgehead atoms. The summed E-state index contributed by atoms with van der Waals surface area (Å²) in [4.78, 5) is 20.9. The van der Waals surface area contributed by atoms with Crippen molar-refractivity contribution in [3.8, 4) is 11.3 Å². The number of hydrogen-bond acceptors (Lipinski definition) is 6. The normalized spacial score (nSPS) is 19.5. The number of likely N-dealkylation sites (N-methyl/N-ethyl adjacent to an activating group) is 1. The zero-order chi connectivity index (χ0) is 17.1. The van der Waals surface area contributed by atoms with E-state index in [4.69, 9.17) is 0 Å². The maximum atomic E-state index is 4.63. The predicted octanol–water partition coefficient (Wildman–Crippen LogP) is 1.89. The third-order valence-electron chi connectivity index (χ3n) is 5.17. The lowest BCUT2D eigenvalue weighted by Gasteiger charge is -2.32. The highest BCUT2D eigenvalue weighted by molar-refractivity contribution is 5.57. The van der Waals surface area contributed by atoms with Gasteiger partial charge in [0.05, 0.1) is 23.8 Å². The van der Waals surface area contributed by atoms with E-state index >= 15 is 0 Å². The van der Waals surface area contributed by atoms with Crippen molar-refractivity contribution in [2.24, 2.45) is 0 Å². The molecule has 0 spiro atoms. The maximum absolute atomic E-state index is 4.63. The van der Waals surface area contributed by atoms with Crippen molar-refractivity contribution in [2.75, 3.05) is 51.2 Å². The summed E-state index contributed by atoms with van der Waals surface area (Å²) in [7, 11) is 2.18. The topological polar surface area (TPSA) is 48.4 Å². The molecule has 0 radical (unpaired) electrons. The first kappa shape index (κ1) is 16.4. The lowest BCUT2D eigenvalue weighted by atomic mass is 10.2. The van der Waals surface area contributed by atoms with E-state index in [0.717, 1.165) is 68.6 Å². The molecule has 0 saturated carbocycles. The van der Waals surface area contributed by atoms with Crippen LogP contribution in [0.1, 0.15) is 18.5 Å². The monoisotopic (exact) mass is 338 g/mol. The molecule has 0 atom stereocenters. The Labute approximate surface area is 149 Å². The van der Waals surface area contributed by atoms with Crippen molar-refractivity contribution in [3.63, 3.8) is 0 Å². The van der Waals surface area contributed by atoms with Crippen LogP contribution < -0.4 is 4.90 Å². The van der Waals surface area contributed by atoms with Gasteiger partial charge in [-0.25, -0.2) is 4.98 Å². The summed E-state index contributed by atoms with van der Waals surface area (Å²) in [5, 5.41) is 0. The van der Waals surface area contributed by atoms with Crippen molar-refractivity contribution >= 4 is 5.82 Å². The fourth-order valence-electron chi connectivity index (χ4n) is 3.48. The molecule has 2 aliphatic rings. The highest BCUT2D eigenvalue weighted by Gasteiger charge is 2.15. The van der Waals surface area contributed by atoms with Gasteiger partial charge in [-0.1, -0.05) is 0 Å². The number of anilines is 1. The van der Waals surface area contributed by atoms with Crippen LogP contribution in [0.5, 0.6) is 0 Å². The number of nitrogens with zero attached hydrogens (tertiary/aromatic N) is 6. The van der Waals surface area contributed by atoms with Gasteiger partial charge in [0, 0.05) is 57.6 Å². The quantitative estimate of drug-likeness (QED) is 0.848. The minimum absolute atomic E-state index is 0.890. The van der Waals surface area contributed by atoms with Crippen molar-refractivity contribution in [2.45, 2.75) is 19.4 Å². The average Bonchev–Trinajstić information content (AvgIpc) is 3.19. The van der Waals surface area contributed by atoms with Gasteiger partial charge in [-0.3, -0.25) is 14.9 Å². The molecule has 4 rings (SSSR count). The van der Waals surface area contributed by atoms with Crippen LogP contribution in [0.3, 0.4) is 0 Å². The molecule has 132 valence electrons. The van der Waals surface area contributed by atoms with Crippen LogP contribution in [0, 0.1) is 0 Å². The first-order chi connectivity index (χ1) is 12.3. The third-order valence-corrected chi connectivity index (χ3v) is 5.17. The molecule has 2 saturated heterocycles. The fraction of sp³-hybridized carbons (Fsp3) is 0.526. The molecule has 0 amide bonds. The van der Waals surface area contributed by atoms with Gasteiger partial charge in [-0.05, 0) is 32.0 Å². The van der Waals surface area contributed by atoms with E-state index in [1.54, 1.807) is 0 Å². The summed E-state index contributed by atoms with van der Waals surface area (Å²) in [5.41, 5.74) is 3.04. The average molecular weight is 338 g/mol. The smallest absolute Gasteiger partial charge is 0.147 e. The Balaban J connectivity index is 1.39. The maximum Gasteiger partial charge on any atom is 0.147 e. The summed E-state index contributed by atoms with van der Waals surface area (Å²) in [5.74, 6) is 0.987. The van der Waals surface area contributed by atoms with Gasteiger partial charge >= 0.3 is 0 Å². The first-order valence-electron chi connectivity index (χ1n) is 9.21. The van der Waals surface area contributed by atoms with Crippen LogP contribution >= 0.6 is 0 Å². The van der Waals surface area contributed by atoms with Crippen LogP contribution in [0.2, 0.25) is 0 Å². The molecule has 0 aromatic carbocycles. The molecular formula is C19H26N6. The lowest BCUT2D eigenvalue weighted by molar-refractivity contribution is 0.147. The van der Waals surface area contributed by atoms with Crippen LogP contribution in [-0.4, -0.2) is 71.1 Å². The van der Waals surface area contributed by atoms with Crippen molar-refractivity contribution < 1.29 is 0 Å². The molecule has 6 heteroatoms. The number of pyridine rings is 1. The number of piperazine rings is 1. The van der Waals surface area contributed by atoms with Gasteiger partial charge in [0.2, 0.25) is 0 Å². The zero-order valence-electron chi connectivity index (χ0n) is 14.9. The first-order valence-corrected chi connectivity index (χ1v) is 9.21. The highest BCUT2D eigenvalue weighted by atomic mass is 15.2. The molecule has 2 aromatic heterocycles. The Hall–Kier alpha value is -2.05. The van der Waals surface area contributed by atoms with Crippen LogP contribution in [0.4, 0.5) is 5.82 Å². The molecule has 6 nitrogen and oxygen atoms in total. The highest BCUT2D eigenvalue weighted by Crippen LogP contribution is 2.20. The molecule has 25 heavy (non-hydrogen) atoms. The summed E-state index contributed by atoms with van der Waals surface area (Å²) < 4.78 is 0. The molecule has 2 aromatic rings. The zero-order valence-corrected chi connectivity index (χ0v) is 14.9. The summed E-state index contributed by atoms with van der Waals surface area (Å²) >= 11 is 0. The van der Waals surface area contributed by atoms with E-state index in [0.29, 0.717) is 0 Å². The third kappa shape index (κ3) is 3.96. The van der Waals surface area contributed by atoms with E-state index in [-0.39, 0.29) is 0 Å². The minimum atomic E-state index is 0.890. The van der Waals surface area contributed by atoms with Crippen molar-refractivity contribution in [1.29, 1.82) is 0 Å². The van der Waals surface area contributed by atoms with Gasteiger partial charge in [0.15, 0.2) is 0 Å². The Morgan fingerprint density at radius 1 is 0.840 bits per heavy atom. The second kappa shape index (κ2) is 7.45. The Morgan fingerprint density at radius 2 is 1.64 bits per heavy atom. The van der Waals surface area contributed by atoms with E-state index in [2.05, 4.69) is 48.8 Å². The van der Waals surface area contributed by atoms with Crippen LogP contribution in [-0.2, 0) is 6.54 Å². The number of hydrogen-bond donors (Lipinski definition) is 0. The Morgan fingerprint density at radius 3 is 2.28 bits per heavy atom. The van der Waals surface area contributed by atoms with Gasteiger partial charge in [-0.2, -0.15) is 0 Å². The Bertz CT molecular complexity index is 670. The standard InChI is InChI=1S/C19H26N6/c1-23-8-10-24(11-9-23)15-17-5-4-16(12-20-17)18-13-22-19(14-21-18)25-6-2-3-7-25/h4-5,12-14H,2-3,6-11,15H2,1H3.